The molecule has 0 aromatic heterocycles. The Morgan fingerprint density at radius 3 is 2.89 bits per heavy atom. The number of Topliss-reactive ketones (excluding diaryl/α,β-unsaturated/α-hetero) is 1. The second kappa shape index (κ2) is 2.50. The van der Waals surface area contributed by atoms with Crippen molar-refractivity contribution in [3.8, 4) is 0 Å². The van der Waals surface area contributed by atoms with Gasteiger partial charge in [0.05, 0.1) is 5.03 Å². The van der Waals surface area contributed by atoms with E-state index in [9.17, 15) is 4.79 Å². The van der Waals surface area contributed by atoms with Gasteiger partial charge in [-0.25, -0.2) is 0 Å². The Kier molecular flexibility index (Phi) is 1.88. The van der Waals surface area contributed by atoms with Crippen LogP contribution in [0.1, 0.15) is 12.8 Å². The molecule has 0 amide bonds. The fourth-order valence-corrected chi connectivity index (χ4v) is 0.985. The molecule has 2 nitrogen and oxygen atoms in total. The Labute approximate surface area is 58.1 Å². The molecule has 9 heavy (non-hydrogen) atoms. The second-order valence-corrected chi connectivity index (χ2v) is 2.43. The van der Waals surface area contributed by atoms with Gasteiger partial charge < -0.3 is 5.11 Å². The summed E-state index contributed by atoms with van der Waals surface area (Å²) in [6, 6.07) is 0. The molecule has 0 saturated carbocycles. The van der Waals surface area contributed by atoms with Crippen molar-refractivity contribution in [3.05, 3.63) is 11.1 Å². The molecule has 0 fully saturated rings. The number of rotatable bonds is 0. The zero-order chi connectivity index (χ0) is 6.85. The first-order chi connectivity index (χ1) is 4.22. The lowest BCUT2D eigenvalue weighted by molar-refractivity contribution is -0.125. The Bertz CT molecular complexity index is 162. The highest BCUT2D eigenvalue weighted by Crippen LogP contribution is 2.17. The van der Waals surface area contributed by atoms with Gasteiger partial charge in [0.1, 0.15) is 6.10 Å². The minimum Gasteiger partial charge on any atom is -0.380 e. The number of ketones is 1. The molecule has 0 bridgehead atoms. The van der Waals surface area contributed by atoms with Crippen LogP contribution in [0.15, 0.2) is 11.1 Å². The zero-order valence-electron chi connectivity index (χ0n) is 4.80. The Balaban J connectivity index is 2.74. The van der Waals surface area contributed by atoms with Gasteiger partial charge in [0.2, 0.25) is 0 Å². The van der Waals surface area contributed by atoms with Crippen LogP contribution in [0.2, 0.25) is 0 Å². The smallest absolute Gasteiger partial charge is 0.167 e. The Morgan fingerprint density at radius 1 is 1.78 bits per heavy atom. The summed E-state index contributed by atoms with van der Waals surface area (Å²) in [6.07, 6.45) is 1.71. The van der Waals surface area contributed by atoms with Crippen molar-refractivity contribution >= 4 is 17.4 Å². The Morgan fingerprint density at radius 2 is 2.44 bits per heavy atom. The summed E-state index contributed by atoms with van der Waals surface area (Å²) in [5.41, 5.74) is 0. The molecule has 1 aliphatic rings. The van der Waals surface area contributed by atoms with E-state index in [0.29, 0.717) is 12.8 Å². The van der Waals surface area contributed by atoms with Gasteiger partial charge in [0, 0.05) is 6.42 Å². The number of halogens is 1. The van der Waals surface area contributed by atoms with Gasteiger partial charge in [-0.1, -0.05) is 17.7 Å². The van der Waals surface area contributed by atoms with Crippen LogP contribution >= 0.6 is 11.6 Å². The summed E-state index contributed by atoms with van der Waals surface area (Å²) in [4.78, 5) is 10.6. The van der Waals surface area contributed by atoms with Crippen LogP contribution in [0.25, 0.3) is 0 Å². The molecule has 1 aliphatic carbocycles. The predicted molar refractivity (Wildman–Crippen MR) is 34.2 cm³/mol. The average Bonchev–Trinajstić information content (AvgIpc) is 1.83. The van der Waals surface area contributed by atoms with E-state index < -0.39 is 6.10 Å². The largest absolute Gasteiger partial charge is 0.380 e. The van der Waals surface area contributed by atoms with Crippen LogP contribution in [-0.4, -0.2) is 17.0 Å². The molecular formula is C6H7ClO2. The van der Waals surface area contributed by atoms with E-state index >= 15 is 0 Å². The van der Waals surface area contributed by atoms with E-state index in [1.54, 1.807) is 6.08 Å². The molecule has 1 rings (SSSR count). The van der Waals surface area contributed by atoms with Crippen molar-refractivity contribution in [1.82, 2.24) is 0 Å². The van der Waals surface area contributed by atoms with Gasteiger partial charge in [-0.05, 0) is 6.42 Å². The number of carbonyl (C=O) groups is 1. The number of hydrogen-bond acceptors (Lipinski definition) is 2. The number of carbonyl (C=O) groups excluding carboxylic acids is 1. The predicted octanol–water partition coefficient (Wildman–Crippen LogP) is 0.833. The highest BCUT2D eigenvalue weighted by atomic mass is 35.5. The van der Waals surface area contributed by atoms with Crippen LogP contribution < -0.4 is 0 Å². The standard InChI is InChI=1S/C6H7ClO2/c7-4-2-1-3-5(8)6(4)9/h2,6,9H,1,3H2/t6-/m1/s1. The molecule has 1 N–H and O–H groups in total. The zero-order valence-corrected chi connectivity index (χ0v) is 5.56. The van der Waals surface area contributed by atoms with Gasteiger partial charge in [-0.3, -0.25) is 4.79 Å². The van der Waals surface area contributed by atoms with Gasteiger partial charge in [0.25, 0.3) is 0 Å². The minimum absolute atomic E-state index is 0.178. The van der Waals surface area contributed by atoms with Crippen LogP contribution in [0.4, 0.5) is 0 Å². The lowest BCUT2D eigenvalue weighted by atomic mass is 10.0. The van der Waals surface area contributed by atoms with Gasteiger partial charge >= 0.3 is 0 Å². The number of allylic oxidation sites excluding steroid dienone is 1. The molecule has 0 spiro atoms. The molecule has 0 aromatic rings. The molecule has 0 aliphatic heterocycles. The van der Waals surface area contributed by atoms with E-state index in [1.807, 2.05) is 0 Å². The minimum atomic E-state index is -1.04. The van der Waals surface area contributed by atoms with Crippen molar-refractivity contribution in [2.45, 2.75) is 18.9 Å². The highest BCUT2D eigenvalue weighted by molar-refractivity contribution is 6.32. The van der Waals surface area contributed by atoms with E-state index in [2.05, 4.69) is 0 Å². The summed E-state index contributed by atoms with van der Waals surface area (Å²) in [5, 5.41) is 9.17. The normalized spacial score (nSPS) is 28.0. The first-order valence-corrected chi connectivity index (χ1v) is 3.16. The van der Waals surface area contributed by atoms with Crippen LogP contribution in [0.3, 0.4) is 0 Å². The maximum atomic E-state index is 10.6. The molecule has 3 heteroatoms. The van der Waals surface area contributed by atoms with E-state index in [0.717, 1.165) is 0 Å². The number of aliphatic hydroxyl groups is 1. The quantitative estimate of drug-likeness (QED) is 0.550. The molecule has 1 atom stereocenters. The average molecular weight is 147 g/mol. The molecule has 50 valence electrons. The first-order valence-electron chi connectivity index (χ1n) is 2.78. The van der Waals surface area contributed by atoms with Crippen molar-refractivity contribution in [3.63, 3.8) is 0 Å². The van der Waals surface area contributed by atoms with Crippen molar-refractivity contribution < 1.29 is 9.90 Å². The Hall–Kier alpha value is -0.340. The second-order valence-electron chi connectivity index (χ2n) is 2.00. The van der Waals surface area contributed by atoms with Gasteiger partial charge in [-0.15, -0.1) is 0 Å². The van der Waals surface area contributed by atoms with Crippen LogP contribution in [0.5, 0.6) is 0 Å². The third-order valence-corrected chi connectivity index (χ3v) is 1.66. The summed E-state index contributed by atoms with van der Waals surface area (Å²) < 4.78 is 0. The first kappa shape index (κ1) is 6.78. The van der Waals surface area contributed by atoms with E-state index in [-0.39, 0.29) is 10.8 Å². The van der Waals surface area contributed by atoms with E-state index in [1.165, 1.54) is 0 Å². The fourth-order valence-electron chi connectivity index (χ4n) is 0.754. The maximum Gasteiger partial charge on any atom is 0.167 e. The maximum absolute atomic E-state index is 10.6. The van der Waals surface area contributed by atoms with Gasteiger partial charge in [-0.2, -0.15) is 0 Å². The summed E-state index contributed by atoms with van der Waals surface area (Å²) in [5.74, 6) is -0.178. The molecule has 0 radical (unpaired) electrons. The summed E-state index contributed by atoms with van der Waals surface area (Å²) in [7, 11) is 0. The fraction of sp³-hybridized carbons (Fsp3) is 0.500. The van der Waals surface area contributed by atoms with Crippen molar-refractivity contribution in [2.24, 2.45) is 0 Å². The third-order valence-electron chi connectivity index (χ3n) is 1.30. The molecule has 0 heterocycles. The summed E-state index contributed by atoms with van der Waals surface area (Å²) >= 11 is 5.45. The van der Waals surface area contributed by atoms with Gasteiger partial charge in [0.15, 0.2) is 5.78 Å². The molecule has 0 aromatic carbocycles. The van der Waals surface area contributed by atoms with Crippen molar-refractivity contribution in [1.29, 1.82) is 0 Å². The van der Waals surface area contributed by atoms with E-state index in [4.69, 9.17) is 16.7 Å². The van der Waals surface area contributed by atoms with Crippen LogP contribution in [-0.2, 0) is 4.79 Å². The van der Waals surface area contributed by atoms with Crippen molar-refractivity contribution in [2.75, 3.05) is 0 Å². The molecule has 0 unspecified atom stereocenters. The van der Waals surface area contributed by atoms with Crippen LogP contribution in [0, 0.1) is 0 Å². The number of hydrogen-bond donors (Lipinski definition) is 1. The topological polar surface area (TPSA) is 37.3 Å². The SMILES string of the molecule is O=C1CCC=C(Cl)[C@H]1O. The number of aliphatic hydroxyl groups excluding tert-OH is 1. The molecular weight excluding hydrogens is 140 g/mol. The molecule has 0 saturated heterocycles. The third kappa shape index (κ3) is 1.32. The monoisotopic (exact) mass is 146 g/mol. The lowest BCUT2D eigenvalue weighted by Gasteiger charge is -2.11. The highest BCUT2D eigenvalue weighted by Gasteiger charge is 2.20. The lowest BCUT2D eigenvalue weighted by Crippen LogP contribution is -2.22. The summed E-state index contributed by atoms with van der Waals surface area (Å²) in [6.45, 7) is 0.